The largest absolute Gasteiger partial charge is 0.304 e. The third-order valence-corrected chi connectivity index (χ3v) is 2.44. The number of carbonyl (C=O) groups is 1. The first-order chi connectivity index (χ1) is 9.22. The number of hydrogen-bond donors (Lipinski definition) is 1. The smallest absolute Gasteiger partial charge is 0.277 e. The van der Waals surface area contributed by atoms with E-state index in [1.165, 1.54) is 4.68 Å². The number of amides is 1. The van der Waals surface area contributed by atoms with Crippen molar-refractivity contribution in [2.24, 2.45) is 0 Å². The van der Waals surface area contributed by atoms with E-state index < -0.39 is 0 Å². The number of nitriles is 1. The third kappa shape index (κ3) is 3.19. The van der Waals surface area contributed by atoms with E-state index in [4.69, 9.17) is 5.26 Å². The van der Waals surface area contributed by atoms with Crippen LogP contribution >= 0.6 is 0 Å². The molecule has 0 aromatic carbocycles. The number of aromatic nitrogens is 4. The topological polar surface area (TPSA) is 88.5 Å². The van der Waals surface area contributed by atoms with Crippen LogP contribution < -0.4 is 5.32 Å². The monoisotopic (exact) mass is 258 g/mol. The molecule has 2 aromatic heterocycles. The Morgan fingerprint density at radius 3 is 2.89 bits per heavy atom. The van der Waals surface area contributed by atoms with E-state index in [2.05, 4.69) is 15.5 Å². The number of rotatable bonds is 5. The van der Waals surface area contributed by atoms with Crippen LogP contribution in [0.5, 0.6) is 0 Å². The summed E-state index contributed by atoms with van der Waals surface area (Å²) in [6.45, 7) is 2.98. The van der Waals surface area contributed by atoms with Crippen LogP contribution in [0.2, 0.25) is 0 Å². The van der Waals surface area contributed by atoms with Crippen molar-refractivity contribution in [2.45, 2.75) is 26.4 Å². The highest BCUT2D eigenvalue weighted by Gasteiger charge is 2.11. The Hall–Kier alpha value is -2.62. The lowest BCUT2D eigenvalue weighted by molar-refractivity contribution is 0.102. The summed E-state index contributed by atoms with van der Waals surface area (Å²) in [5.41, 5.74) is 0.350. The summed E-state index contributed by atoms with van der Waals surface area (Å²) in [5, 5.41) is 19.4. The van der Waals surface area contributed by atoms with Gasteiger partial charge < -0.3 is 5.32 Å². The summed E-state index contributed by atoms with van der Waals surface area (Å²) >= 11 is 0. The van der Waals surface area contributed by atoms with Gasteiger partial charge in [0.05, 0.1) is 6.07 Å². The second kappa shape index (κ2) is 5.82. The van der Waals surface area contributed by atoms with E-state index in [0.717, 1.165) is 13.0 Å². The normalized spacial score (nSPS) is 10.1. The molecule has 0 bridgehead atoms. The summed E-state index contributed by atoms with van der Waals surface area (Å²) in [6.07, 6.45) is 4.36. The molecular weight excluding hydrogens is 244 g/mol. The standard InChI is InChI=1S/C12H14N6O/c1-2-6-17-7-3-10(15-17)12(19)14-11-4-8-18(16-11)9-5-13/h3-4,7-8H,2,6,9H2,1H3,(H,14,16,19). The number of nitrogens with zero attached hydrogens (tertiary/aromatic N) is 5. The quantitative estimate of drug-likeness (QED) is 0.874. The Bertz CT molecular complexity index is 606. The molecule has 19 heavy (non-hydrogen) atoms. The van der Waals surface area contributed by atoms with Gasteiger partial charge in [-0.15, -0.1) is 0 Å². The van der Waals surface area contributed by atoms with E-state index in [-0.39, 0.29) is 12.5 Å². The Labute approximate surface area is 110 Å². The molecule has 0 atom stereocenters. The van der Waals surface area contributed by atoms with E-state index in [1.807, 2.05) is 13.0 Å². The van der Waals surface area contributed by atoms with Crippen LogP contribution in [0.25, 0.3) is 0 Å². The maximum atomic E-state index is 11.9. The Morgan fingerprint density at radius 1 is 1.37 bits per heavy atom. The van der Waals surface area contributed by atoms with Crippen molar-refractivity contribution in [3.8, 4) is 6.07 Å². The van der Waals surface area contributed by atoms with Crippen molar-refractivity contribution in [2.75, 3.05) is 5.32 Å². The lowest BCUT2D eigenvalue weighted by Gasteiger charge is -1.99. The molecule has 1 amide bonds. The Balaban J connectivity index is 2.01. The van der Waals surface area contributed by atoms with Crippen molar-refractivity contribution in [3.05, 3.63) is 30.2 Å². The van der Waals surface area contributed by atoms with Crippen LogP contribution in [0.4, 0.5) is 5.82 Å². The summed E-state index contributed by atoms with van der Waals surface area (Å²) < 4.78 is 3.18. The molecule has 2 heterocycles. The van der Waals surface area contributed by atoms with Crippen LogP contribution in [0.3, 0.4) is 0 Å². The van der Waals surface area contributed by atoms with Crippen molar-refractivity contribution >= 4 is 11.7 Å². The maximum absolute atomic E-state index is 11.9. The van der Waals surface area contributed by atoms with Crippen LogP contribution in [0, 0.1) is 11.3 Å². The van der Waals surface area contributed by atoms with Crippen LogP contribution in [-0.4, -0.2) is 25.5 Å². The molecule has 1 N–H and O–H groups in total. The number of nitrogens with one attached hydrogen (secondary N) is 1. The zero-order valence-corrected chi connectivity index (χ0v) is 10.6. The molecule has 0 spiro atoms. The summed E-state index contributed by atoms with van der Waals surface area (Å²) in [7, 11) is 0. The first-order valence-electron chi connectivity index (χ1n) is 5.98. The second-order valence-electron chi connectivity index (χ2n) is 3.97. The highest BCUT2D eigenvalue weighted by Crippen LogP contribution is 2.05. The first kappa shape index (κ1) is 12.8. The molecule has 7 nitrogen and oxygen atoms in total. The zero-order chi connectivity index (χ0) is 13.7. The predicted octanol–water partition coefficient (Wildman–Crippen LogP) is 1.27. The molecule has 0 aliphatic carbocycles. The highest BCUT2D eigenvalue weighted by atomic mass is 16.2. The molecule has 0 saturated carbocycles. The molecular formula is C12H14N6O. The summed E-state index contributed by atoms with van der Waals surface area (Å²) in [4.78, 5) is 11.9. The van der Waals surface area contributed by atoms with Crippen LogP contribution in [-0.2, 0) is 13.1 Å². The molecule has 0 radical (unpaired) electrons. The fraction of sp³-hybridized carbons (Fsp3) is 0.333. The average molecular weight is 258 g/mol. The van der Waals surface area contributed by atoms with Gasteiger partial charge in [0.15, 0.2) is 11.5 Å². The van der Waals surface area contributed by atoms with Crippen molar-refractivity contribution < 1.29 is 4.79 Å². The fourth-order valence-corrected chi connectivity index (χ4v) is 1.61. The van der Waals surface area contributed by atoms with Crippen LogP contribution in [0.1, 0.15) is 23.8 Å². The molecule has 98 valence electrons. The highest BCUT2D eigenvalue weighted by molar-refractivity contribution is 6.02. The minimum absolute atomic E-state index is 0.154. The minimum Gasteiger partial charge on any atom is -0.304 e. The number of hydrogen-bond acceptors (Lipinski definition) is 4. The van der Waals surface area contributed by atoms with Crippen molar-refractivity contribution in [3.63, 3.8) is 0 Å². The van der Waals surface area contributed by atoms with E-state index in [0.29, 0.717) is 11.5 Å². The molecule has 2 aromatic rings. The summed E-state index contributed by atoms with van der Waals surface area (Å²) in [6, 6.07) is 5.27. The molecule has 0 aliphatic rings. The molecule has 7 heteroatoms. The van der Waals surface area contributed by atoms with Gasteiger partial charge >= 0.3 is 0 Å². The lowest BCUT2D eigenvalue weighted by atomic mass is 10.4. The van der Waals surface area contributed by atoms with Crippen molar-refractivity contribution in [1.82, 2.24) is 19.6 Å². The van der Waals surface area contributed by atoms with E-state index in [1.54, 1.807) is 29.2 Å². The van der Waals surface area contributed by atoms with Gasteiger partial charge in [-0.25, -0.2) is 0 Å². The molecule has 0 aliphatic heterocycles. The molecule has 0 unspecified atom stereocenters. The average Bonchev–Trinajstić information content (AvgIpc) is 3.00. The lowest BCUT2D eigenvalue weighted by Crippen LogP contribution is -2.14. The second-order valence-corrected chi connectivity index (χ2v) is 3.97. The predicted molar refractivity (Wildman–Crippen MR) is 68.3 cm³/mol. The van der Waals surface area contributed by atoms with Gasteiger partial charge in [0, 0.05) is 25.0 Å². The van der Waals surface area contributed by atoms with E-state index in [9.17, 15) is 4.79 Å². The number of carbonyl (C=O) groups excluding carboxylic acids is 1. The SMILES string of the molecule is CCCn1ccc(C(=O)Nc2ccn(CC#N)n2)n1. The van der Waals surface area contributed by atoms with Gasteiger partial charge in [-0.3, -0.25) is 14.2 Å². The van der Waals surface area contributed by atoms with Gasteiger partial charge in [0.2, 0.25) is 0 Å². The molecule has 0 fully saturated rings. The Morgan fingerprint density at radius 2 is 2.16 bits per heavy atom. The first-order valence-corrected chi connectivity index (χ1v) is 5.98. The van der Waals surface area contributed by atoms with Gasteiger partial charge in [-0.1, -0.05) is 6.92 Å². The molecule has 2 rings (SSSR count). The zero-order valence-electron chi connectivity index (χ0n) is 10.6. The van der Waals surface area contributed by atoms with Crippen LogP contribution in [0.15, 0.2) is 24.5 Å². The summed E-state index contributed by atoms with van der Waals surface area (Å²) in [5.74, 6) is 0.0994. The molecule has 0 saturated heterocycles. The van der Waals surface area contributed by atoms with Gasteiger partial charge in [0.25, 0.3) is 5.91 Å². The van der Waals surface area contributed by atoms with E-state index >= 15 is 0 Å². The number of anilines is 1. The van der Waals surface area contributed by atoms with Gasteiger partial charge in [-0.05, 0) is 12.5 Å². The van der Waals surface area contributed by atoms with Crippen molar-refractivity contribution in [1.29, 1.82) is 5.26 Å². The van der Waals surface area contributed by atoms with Gasteiger partial charge in [-0.2, -0.15) is 15.5 Å². The number of aryl methyl sites for hydroxylation is 1. The van der Waals surface area contributed by atoms with Gasteiger partial charge in [0.1, 0.15) is 6.54 Å². The maximum Gasteiger partial charge on any atom is 0.277 e. The minimum atomic E-state index is -0.308. The Kier molecular flexibility index (Phi) is 3.93. The third-order valence-electron chi connectivity index (χ3n) is 2.44. The fourth-order valence-electron chi connectivity index (χ4n) is 1.61.